The van der Waals surface area contributed by atoms with Crippen molar-refractivity contribution in [3.8, 4) is 5.75 Å². The number of urea groups is 1. The van der Waals surface area contributed by atoms with E-state index in [9.17, 15) is 4.79 Å². The lowest BCUT2D eigenvalue weighted by Crippen LogP contribution is -2.41. The van der Waals surface area contributed by atoms with Gasteiger partial charge in [-0.1, -0.05) is 18.2 Å². The number of hydrogen-bond acceptors (Lipinski definition) is 3. The molecule has 2 amide bonds. The average molecular weight is 376 g/mol. The van der Waals surface area contributed by atoms with Crippen LogP contribution in [0.2, 0.25) is 0 Å². The van der Waals surface area contributed by atoms with Crippen molar-refractivity contribution in [2.75, 3.05) is 20.2 Å². The molecule has 0 saturated heterocycles. The van der Waals surface area contributed by atoms with Crippen LogP contribution in [0.1, 0.15) is 17.5 Å². The van der Waals surface area contributed by atoms with Crippen LogP contribution in [-0.4, -0.2) is 40.7 Å². The van der Waals surface area contributed by atoms with Crippen molar-refractivity contribution in [3.63, 3.8) is 0 Å². The molecule has 0 radical (unpaired) electrons. The maximum atomic E-state index is 12.5. The van der Waals surface area contributed by atoms with Gasteiger partial charge in [0, 0.05) is 50.0 Å². The van der Waals surface area contributed by atoms with E-state index in [-0.39, 0.29) is 6.03 Å². The van der Waals surface area contributed by atoms with Crippen LogP contribution in [0.3, 0.4) is 0 Å². The van der Waals surface area contributed by atoms with E-state index >= 15 is 0 Å². The highest BCUT2D eigenvalue weighted by atomic mass is 16.5. The van der Waals surface area contributed by atoms with Crippen molar-refractivity contribution in [3.05, 3.63) is 66.0 Å². The van der Waals surface area contributed by atoms with Gasteiger partial charge in [0.15, 0.2) is 0 Å². The Labute approximate surface area is 164 Å². The highest BCUT2D eigenvalue weighted by molar-refractivity contribution is 5.91. The fourth-order valence-corrected chi connectivity index (χ4v) is 3.60. The van der Waals surface area contributed by atoms with Gasteiger partial charge < -0.3 is 19.5 Å². The molecule has 28 heavy (non-hydrogen) atoms. The fraction of sp³-hybridized carbons (Fsp3) is 0.273. The van der Waals surface area contributed by atoms with E-state index < -0.39 is 0 Å². The van der Waals surface area contributed by atoms with Crippen LogP contribution in [0, 0.1) is 0 Å². The molecule has 6 heteroatoms. The number of carbonyl (C=O) groups is 1. The highest BCUT2D eigenvalue weighted by Crippen LogP contribution is 2.29. The molecule has 3 aromatic rings. The number of nitrogens with zero attached hydrogens (tertiary/aromatic N) is 3. The highest BCUT2D eigenvalue weighted by Gasteiger charge is 2.20. The average Bonchev–Trinajstić information content (AvgIpc) is 3.09. The molecule has 1 aliphatic heterocycles. The van der Waals surface area contributed by atoms with Gasteiger partial charge in [-0.25, -0.2) is 9.78 Å². The maximum Gasteiger partial charge on any atom is 0.317 e. The lowest BCUT2D eigenvalue weighted by atomic mass is 10.00. The molecule has 144 valence electrons. The first-order valence-electron chi connectivity index (χ1n) is 9.41. The van der Waals surface area contributed by atoms with Gasteiger partial charge in [-0.15, -0.1) is 0 Å². The zero-order valence-electron chi connectivity index (χ0n) is 16.2. The topological polar surface area (TPSA) is 59.4 Å². The summed E-state index contributed by atoms with van der Waals surface area (Å²) in [4.78, 5) is 18.8. The predicted octanol–water partition coefficient (Wildman–Crippen LogP) is 3.58. The Bertz CT molecular complexity index is 1020. The van der Waals surface area contributed by atoms with Crippen molar-refractivity contribution in [1.82, 2.24) is 19.8 Å². The summed E-state index contributed by atoms with van der Waals surface area (Å²) in [5.41, 5.74) is 4.52. The molecule has 0 saturated carbocycles. The first-order chi connectivity index (χ1) is 13.7. The summed E-state index contributed by atoms with van der Waals surface area (Å²) in [5.74, 6) is 0.812. The molecule has 0 bridgehead atoms. The molecule has 0 unspecified atom stereocenters. The largest absolute Gasteiger partial charge is 0.497 e. The summed E-state index contributed by atoms with van der Waals surface area (Å²) in [6.07, 6.45) is 6.93. The van der Waals surface area contributed by atoms with E-state index in [2.05, 4.69) is 33.2 Å². The number of amides is 2. The van der Waals surface area contributed by atoms with Gasteiger partial charge in [-0.05, 0) is 41.8 Å². The number of ether oxygens (including phenoxy) is 1. The standard InChI is InChI=1S/C22H24N4O2/c1-25-15-20(19-4-3-11-23-21(19)25)17-9-12-26(13-10-17)22(27)24-14-16-5-7-18(28-2)8-6-16/h3-9,11,15H,10,12-14H2,1-2H3,(H,24,27). The second-order valence-electron chi connectivity index (χ2n) is 6.96. The smallest absolute Gasteiger partial charge is 0.317 e. The Morgan fingerprint density at radius 3 is 2.79 bits per heavy atom. The summed E-state index contributed by atoms with van der Waals surface area (Å²) in [6, 6.07) is 11.8. The van der Waals surface area contributed by atoms with Gasteiger partial charge in [0.1, 0.15) is 11.4 Å². The monoisotopic (exact) mass is 376 g/mol. The maximum absolute atomic E-state index is 12.5. The van der Waals surface area contributed by atoms with Gasteiger partial charge in [-0.2, -0.15) is 0 Å². The van der Waals surface area contributed by atoms with Crippen LogP contribution < -0.4 is 10.1 Å². The molecule has 1 aliphatic rings. The summed E-state index contributed by atoms with van der Waals surface area (Å²) >= 11 is 0. The second-order valence-corrected chi connectivity index (χ2v) is 6.96. The molecule has 4 rings (SSSR count). The van der Waals surface area contributed by atoms with E-state index in [4.69, 9.17) is 4.74 Å². The Hall–Kier alpha value is -3.28. The fourth-order valence-electron chi connectivity index (χ4n) is 3.60. The molecule has 2 aromatic heterocycles. The van der Waals surface area contributed by atoms with E-state index in [0.29, 0.717) is 19.6 Å². The summed E-state index contributed by atoms with van der Waals surface area (Å²) in [5, 5.41) is 4.16. The van der Waals surface area contributed by atoms with Crippen molar-refractivity contribution in [1.29, 1.82) is 0 Å². The minimum Gasteiger partial charge on any atom is -0.497 e. The van der Waals surface area contributed by atoms with E-state index in [1.165, 1.54) is 11.1 Å². The first kappa shape index (κ1) is 18.1. The predicted molar refractivity (Wildman–Crippen MR) is 110 cm³/mol. The minimum absolute atomic E-state index is 0.0364. The van der Waals surface area contributed by atoms with Crippen molar-refractivity contribution >= 4 is 22.6 Å². The SMILES string of the molecule is COc1ccc(CNC(=O)N2CC=C(c3cn(C)c4ncccc34)CC2)cc1. The van der Waals surface area contributed by atoms with Gasteiger partial charge >= 0.3 is 6.03 Å². The van der Waals surface area contributed by atoms with Gasteiger partial charge in [-0.3, -0.25) is 0 Å². The molecular formula is C22H24N4O2. The lowest BCUT2D eigenvalue weighted by molar-refractivity contribution is 0.202. The van der Waals surface area contributed by atoms with Crippen LogP contribution in [0.25, 0.3) is 16.6 Å². The van der Waals surface area contributed by atoms with Crippen LogP contribution >= 0.6 is 0 Å². The third-order valence-electron chi connectivity index (χ3n) is 5.18. The number of rotatable bonds is 4. The van der Waals surface area contributed by atoms with Crippen molar-refractivity contribution in [2.45, 2.75) is 13.0 Å². The molecule has 0 atom stereocenters. The zero-order valence-corrected chi connectivity index (χ0v) is 16.2. The van der Waals surface area contributed by atoms with Crippen LogP contribution in [0.5, 0.6) is 5.75 Å². The molecule has 0 fully saturated rings. The van der Waals surface area contributed by atoms with Gasteiger partial charge in [0.25, 0.3) is 0 Å². The number of methoxy groups -OCH3 is 1. The van der Waals surface area contributed by atoms with Gasteiger partial charge in [0.05, 0.1) is 7.11 Å². The van der Waals surface area contributed by atoms with Crippen molar-refractivity contribution < 1.29 is 9.53 Å². The third-order valence-corrected chi connectivity index (χ3v) is 5.18. The molecule has 6 nitrogen and oxygen atoms in total. The molecular weight excluding hydrogens is 352 g/mol. The van der Waals surface area contributed by atoms with E-state index in [1.54, 1.807) is 7.11 Å². The first-order valence-corrected chi connectivity index (χ1v) is 9.41. The van der Waals surface area contributed by atoms with E-state index in [0.717, 1.165) is 28.8 Å². The number of fused-ring (bicyclic) bond motifs is 1. The number of nitrogens with one attached hydrogen (secondary N) is 1. The zero-order chi connectivity index (χ0) is 19.5. The Morgan fingerprint density at radius 2 is 2.07 bits per heavy atom. The summed E-state index contributed by atoms with van der Waals surface area (Å²) in [6.45, 7) is 1.82. The van der Waals surface area contributed by atoms with Gasteiger partial charge in [0.2, 0.25) is 0 Å². The summed E-state index contributed by atoms with van der Waals surface area (Å²) in [7, 11) is 3.66. The second kappa shape index (κ2) is 7.76. The molecule has 1 N–H and O–H groups in total. The quantitative estimate of drug-likeness (QED) is 0.757. The summed E-state index contributed by atoms with van der Waals surface area (Å²) < 4.78 is 7.21. The van der Waals surface area contributed by atoms with Crippen molar-refractivity contribution in [2.24, 2.45) is 7.05 Å². The molecule has 1 aromatic carbocycles. The number of benzene rings is 1. The molecule has 0 aliphatic carbocycles. The Kier molecular flexibility index (Phi) is 5.02. The van der Waals surface area contributed by atoms with Crippen LogP contribution in [0.4, 0.5) is 4.79 Å². The Morgan fingerprint density at radius 1 is 1.25 bits per heavy atom. The van der Waals surface area contributed by atoms with E-state index in [1.807, 2.05) is 48.5 Å². The molecule has 3 heterocycles. The third kappa shape index (κ3) is 3.58. The van der Waals surface area contributed by atoms with Crippen LogP contribution in [-0.2, 0) is 13.6 Å². The number of hydrogen-bond donors (Lipinski definition) is 1. The lowest BCUT2D eigenvalue weighted by Gasteiger charge is -2.26. The number of carbonyl (C=O) groups excluding carboxylic acids is 1. The molecule has 0 spiro atoms. The normalized spacial score (nSPS) is 14.1. The Balaban J connectivity index is 1.39. The number of pyridine rings is 1. The number of aryl methyl sites for hydroxylation is 1. The number of aromatic nitrogens is 2. The minimum atomic E-state index is -0.0364. The van der Waals surface area contributed by atoms with Crippen LogP contribution in [0.15, 0.2) is 54.9 Å².